The minimum Gasteiger partial charge on any atom is -0.497 e. The standard InChI is InChI=1S/C14H10FNO/c1-17-12-7-5-10(6-8-12)14-11(9-16)3-2-4-13(14)15/h2-8H,1H3. The molecule has 0 aliphatic heterocycles. The second kappa shape index (κ2) is 4.67. The molecule has 0 aliphatic rings. The van der Waals surface area contributed by atoms with Crippen LogP contribution in [0.15, 0.2) is 42.5 Å². The van der Waals surface area contributed by atoms with Crippen molar-refractivity contribution in [1.29, 1.82) is 5.26 Å². The van der Waals surface area contributed by atoms with Crippen LogP contribution in [0.5, 0.6) is 5.75 Å². The molecule has 0 aromatic heterocycles. The molecule has 0 fully saturated rings. The van der Waals surface area contributed by atoms with Gasteiger partial charge in [-0.3, -0.25) is 0 Å². The summed E-state index contributed by atoms with van der Waals surface area (Å²) in [5.74, 6) is 0.304. The summed E-state index contributed by atoms with van der Waals surface area (Å²) in [5, 5.41) is 8.96. The molecular formula is C14H10FNO. The van der Waals surface area contributed by atoms with E-state index in [-0.39, 0.29) is 0 Å². The predicted molar refractivity (Wildman–Crippen MR) is 63.1 cm³/mol. The zero-order valence-electron chi connectivity index (χ0n) is 9.27. The van der Waals surface area contributed by atoms with Crippen molar-refractivity contribution in [2.24, 2.45) is 0 Å². The summed E-state index contributed by atoms with van der Waals surface area (Å²) >= 11 is 0. The monoisotopic (exact) mass is 227 g/mol. The molecule has 2 aromatic rings. The maximum absolute atomic E-state index is 13.7. The molecular weight excluding hydrogens is 217 g/mol. The van der Waals surface area contributed by atoms with Gasteiger partial charge in [-0.05, 0) is 29.8 Å². The first kappa shape index (κ1) is 11.2. The number of hydrogen-bond acceptors (Lipinski definition) is 2. The van der Waals surface area contributed by atoms with Gasteiger partial charge in [0.1, 0.15) is 11.6 Å². The Kier molecular flexibility index (Phi) is 3.06. The minimum absolute atomic E-state index is 0.329. The van der Waals surface area contributed by atoms with Gasteiger partial charge in [-0.1, -0.05) is 18.2 Å². The molecule has 0 aliphatic carbocycles. The first-order valence-electron chi connectivity index (χ1n) is 5.09. The first-order valence-corrected chi connectivity index (χ1v) is 5.09. The van der Waals surface area contributed by atoms with Gasteiger partial charge in [0, 0.05) is 5.56 Å². The van der Waals surface area contributed by atoms with E-state index in [0.29, 0.717) is 22.4 Å². The summed E-state index contributed by atoms with van der Waals surface area (Å²) in [5.41, 5.74) is 1.33. The summed E-state index contributed by atoms with van der Waals surface area (Å²) in [6.45, 7) is 0. The Labute approximate surface area is 98.9 Å². The highest BCUT2D eigenvalue weighted by molar-refractivity contribution is 5.71. The van der Waals surface area contributed by atoms with Gasteiger partial charge in [-0.25, -0.2) is 4.39 Å². The van der Waals surface area contributed by atoms with Crippen molar-refractivity contribution in [3.8, 4) is 22.9 Å². The average molecular weight is 227 g/mol. The molecule has 0 saturated heterocycles. The number of ether oxygens (including phenoxy) is 1. The van der Waals surface area contributed by atoms with Crippen molar-refractivity contribution < 1.29 is 9.13 Å². The van der Waals surface area contributed by atoms with E-state index in [9.17, 15) is 4.39 Å². The quantitative estimate of drug-likeness (QED) is 0.788. The van der Waals surface area contributed by atoms with E-state index >= 15 is 0 Å². The molecule has 2 nitrogen and oxygen atoms in total. The topological polar surface area (TPSA) is 33.0 Å². The molecule has 17 heavy (non-hydrogen) atoms. The van der Waals surface area contributed by atoms with Gasteiger partial charge in [-0.15, -0.1) is 0 Å². The van der Waals surface area contributed by atoms with E-state index in [4.69, 9.17) is 10.00 Å². The van der Waals surface area contributed by atoms with Crippen molar-refractivity contribution in [1.82, 2.24) is 0 Å². The zero-order chi connectivity index (χ0) is 12.3. The van der Waals surface area contributed by atoms with Crippen molar-refractivity contribution >= 4 is 0 Å². The van der Waals surface area contributed by atoms with Gasteiger partial charge in [-0.2, -0.15) is 5.26 Å². The SMILES string of the molecule is COc1ccc(-c2c(F)cccc2C#N)cc1. The van der Waals surface area contributed by atoms with Crippen LogP contribution in [0.25, 0.3) is 11.1 Å². The lowest BCUT2D eigenvalue weighted by atomic mass is 10.00. The Hall–Kier alpha value is -2.34. The number of rotatable bonds is 2. The fourth-order valence-corrected chi connectivity index (χ4v) is 1.67. The highest BCUT2D eigenvalue weighted by atomic mass is 19.1. The molecule has 0 radical (unpaired) electrons. The Balaban J connectivity index is 2.56. The lowest BCUT2D eigenvalue weighted by Gasteiger charge is -2.06. The predicted octanol–water partition coefficient (Wildman–Crippen LogP) is 3.37. The third kappa shape index (κ3) is 2.11. The Morgan fingerprint density at radius 3 is 2.41 bits per heavy atom. The summed E-state index contributed by atoms with van der Waals surface area (Å²) in [7, 11) is 1.57. The van der Waals surface area contributed by atoms with Crippen molar-refractivity contribution in [3.63, 3.8) is 0 Å². The van der Waals surface area contributed by atoms with Gasteiger partial charge >= 0.3 is 0 Å². The van der Waals surface area contributed by atoms with Crippen LogP contribution in [0.3, 0.4) is 0 Å². The van der Waals surface area contributed by atoms with Crippen LogP contribution >= 0.6 is 0 Å². The van der Waals surface area contributed by atoms with Gasteiger partial charge < -0.3 is 4.74 Å². The van der Waals surface area contributed by atoms with E-state index in [1.54, 1.807) is 37.4 Å². The number of hydrogen-bond donors (Lipinski definition) is 0. The molecule has 0 amide bonds. The molecule has 0 unspecified atom stereocenters. The van der Waals surface area contributed by atoms with Gasteiger partial charge in [0.2, 0.25) is 0 Å². The number of halogens is 1. The number of nitriles is 1. The van der Waals surface area contributed by atoms with Crippen molar-refractivity contribution in [3.05, 3.63) is 53.8 Å². The smallest absolute Gasteiger partial charge is 0.132 e. The lowest BCUT2D eigenvalue weighted by Crippen LogP contribution is -1.90. The summed E-state index contributed by atoms with van der Waals surface area (Å²) in [4.78, 5) is 0. The Morgan fingerprint density at radius 1 is 1.12 bits per heavy atom. The fourth-order valence-electron chi connectivity index (χ4n) is 1.67. The summed E-state index contributed by atoms with van der Waals surface area (Å²) in [6, 6.07) is 13.4. The van der Waals surface area contributed by atoms with Gasteiger partial charge in [0.25, 0.3) is 0 Å². The van der Waals surface area contributed by atoms with Crippen LogP contribution in [0.2, 0.25) is 0 Å². The molecule has 0 spiro atoms. The number of nitrogens with zero attached hydrogens (tertiary/aromatic N) is 1. The maximum atomic E-state index is 13.7. The maximum Gasteiger partial charge on any atom is 0.132 e. The van der Waals surface area contributed by atoms with Crippen LogP contribution in [0.4, 0.5) is 4.39 Å². The lowest BCUT2D eigenvalue weighted by molar-refractivity contribution is 0.415. The van der Waals surface area contributed by atoms with E-state index in [1.165, 1.54) is 12.1 Å². The van der Waals surface area contributed by atoms with Crippen LogP contribution in [0.1, 0.15) is 5.56 Å². The van der Waals surface area contributed by atoms with E-state index < -0.39 is 5.82 Å². The summed E-state index contributed by atoms with van der Waals surface area (Å²) in [6.07, 6.45) is 0. The highest BCUT2D eigenvalue weighted by Gasteiger charge is 2.10. The molecule has 3 heteroatoms. The highest BCUT2D eigenvalue weighted by Crippen LogP contribution is 2.27. The normalized spacial score (nSPS) is 9.71. The first-order chi connectivity index (χ1) is 8.26. The molecule has 0 atom stereocenters. The van der Waals surface area contributed by atoms with Crippen molar-refractivity contribution in [2.45, 2.75) is 0 Å². The molecule has 84 valence electrons. The second-order valence-corrected chi connectivity index (χ2v) is 3.50. The molecule has 0 saturated carbocycles. The van der Waals surface area contributed by atoms with Crippen LogP contribution in [-0.4, -0.2) is 7.11 Å². The summed E-state index contributed by atoms with van der Waals surface area (Å²) < 4.78 is 18.8. The van der Waals surface area contributed by atoms with Crippen LogP contribution < -0.4 is 4.74 Å². The van der Waals surface area contributed by atoms with E-state index in [2.05, 4.69) is 0 Å². The zero-order valence-corrected chi connectivity index (χ0v) is 9.27. The number of methoxy groups -OCH3 is 1. The van der Waals surface area contributed by atoms with E-state index in [1.807, 2.05) is 6.07 Å². The van der Waals surface area contributed by atoms with Crippen molar-refractivity contribution in [2.75, 3.05) is 7.11 Å². The van der Waals surface area contributed by atoms with Gasteiger partial charge in [0.05, 0.1) is 18.7 Å². The average Bonchev–Trinajstić information content (AvgIpc) is 2.38. The molecule has 0 N–H and O–H groups in total. The number of benzene rings is 2. The van der Waals surface area contributed by atoms with E-state index in [0.717, 1.165) is 0 Å². The van der Waals surface area contributed by atoms with Crippen LogP contribution in [-0.2, 0) is 0 Å². The van der Waals surface area contributed by atoms with Crippen LogP contribution in [0, 0.1) is 17.1 Å². The molecule has 2 aromatic carbocycles. The third-order valence-corrected chi connectivity index (χ3v) is 2.51. The largest absolute Gasteiger partial charge is 0.497 e. The third-order valence-electron chi connectivity index (χ3n) is 2.51. The molecule has 0 heterocycles. The fraction of sp³-hybridized carbons (Fsp3) is 0.0714. The molecule has 0 bridgehead atoms. The second-order valence-electron chi connectivity index (χ2n) is 3.50. The Bertz CT molecular complexity index is 570. The van der Waals surface area contributed by atoms with Gasteiger partial charge in [0.15, 0.2) is 0 Å². The minimum atomic E-state index is -0.394. The molecule has 2 rings (SSSR count). The Morgan fingerprint density at radius 2 is 1.82 bits per heavy atom.